The quantitative estimate of drug-likeness (QED) is 0.696. The number of thiophene rings is 1. The lowest BCUT2D eigenvalue weighted by Gasteiger charge is -2.17. The summed E-state index contributed by atoms with van der Waals surface area (Å²) in [5.41, 5.74) is -0.105. The summed E-state index contributed by atoms with van der Waals surface area (Å²) in [7, 11) is 1.55. The molecule has 0 aliphatic carbocycles. The fourth-order valence-electron chi connectivity index (χ4n) is 2.76. The van der Waals surface area contributed by atoms with Crippen molar-refractivity contribution in [3.63, 3.8) is 0 Å². The lowest BCUT2D eigenvalue weighted by molar-refractivity contribution is -0.118. The van der Waals surface area contributed by atoms with Crippen molar-refractivity contribution in [2.75, 3.05) is 12.4 Å². The summed E-state index contributed by atoms with van der Waals surface area (Å²) in [5.74, 6) is -0.630. The predicted octanol–water partition coefficient (Wildman–Crippen LogP) is 2.67. The van der Waals surface area contributed by atoms with Crippen LogP contribution < -0.4 is 15.6 Å². The molecule has 1 atom stereocenters. The highest BCUT2D eigenvalue weighted by atomic mass is 32.1. The third kappa shape index (κ3) is 3.41. The van der Waals surface area contributed by atoms with E-state index in [1.165, 1.54) is 9.95 Å². The Balaban J connectivity index is 1.97. The highest BCUT2D eigenvalue weighted by Crippen LogP contribution is 2.23. The summed E-state index contributed by atoms with van der Waals surface area (Å²) in [6.07, 6.45) is 0. The summed E-state index contributed by atoms with van der Waals surface area (Å²) < 4.78 is 6.28. The van der Waals surface area contributed by atoms with Gasteiger partial charge in [0.15, 0.2) is 0 Å². The number of carbonyl (C=O) groups excluding carboxylic acids is 1. The van der Waals surface area contributed by atoms with Crippen LogP contribution in [0.15, 0.2) is 34.4 Å². The summed E-state index contributed by atoms with van der Waals surface area (Å²) in [6.45, 7) is 3.17. The van der Waals surface area contributed by atoms with E-state index in [9.17, 15) is 19.5 Å². The molecular weight excluding hydrogens is 370 g/mol. The van der Waals surface area contributed by atoms with E-state index in [-0.39, 0.29) is 10.9 Å². The van der Waals surface area contributed by atoms with Crippen LogP contribution in [0, 0.1) is 6.92 Å². The molecule has 2 aromatic heterocycles. The van der Waals surface area contributed by atoms with Gasteiger partial charge in [-0.1, -0.05) is 0 Å². The van der Waals surface area contributed by atoms with E-state index < -0.39 is 23.5 Å². The predicted molar refractivity (Wildman–Crippen MR) is 102 cm³/mol. The Hall–Kier alpha value is -3.20. The molecule has 9 heteroatoms. The Bertz CT molecular complexity index is 1080. The maximum atomic E-state index is 12.9. The SMILES string of the molecule is COc1ccc(NC(=O)C(C)n2c(C)nc3scc(C(=O)O)c3c2=O)cc1. The number of aromatic carboxylic acids is 1. The molecular formula is C18H17N3O5S. The first kappa shape index (κ1) is 18.6. The number of nitrogens with one attached hydrogen (secondary N) is 1. The number of aryl methyl sites for hydroxylation is 1. The number of methoxy groups -OCH3 is 1. The van der Waals surface area contributed by atoms with Gasteiger partial charge in [-0.15, -0.1) is 11.3 Å². The second kappa shape index (κ2) is 7.20. The number of fused-ring (bicyclic) bond motifs is 1. The van der Waals surface area contributed by atoms with Crippen molar-refractivity contribution in [3.05, 3.63) is 51.4 Å². The monoisotopic (exact) mass is 387 g/mol. The number of ether oxygens (including phenoxy) is 1. The molecule has 1 amide bonds. The molecule has 3 aromatic rings. The van der Waals surface area contributed by atoms with Crippen LogP contribution in [0.1, 0.15) is 29.1 Å². The molecule has 3 rings (SSSR count). The minimum Gasteiger partial charge on any atom is -0.497 e. The first-order chi connectivity index (χ1) is 12.8. The molecule has 1 unspecified atom stereocenters. The third-order valence-corrected chi connectivity index (χ3v) is 5.04. The lowest BCUT2D eigenvalue weighted by Crippen LogP contribution is -2.34. The van der Waals surface area contributed by atoms with Crippen LogP contribution in [0.25, 0.3) is 10.2 Å². The van der Waals surface area contributed by atoms with Gasteiger partial charge in [-0.25, -0.2) is 9.78 Å². The zero-order valence-corrected chi connectivity index (χ0v) is 15.7. The minimum absolute atomic E-state index is 0.0159. The first-order valence-corrected chi connectivity index (χ1v) is 8.90. The van der Waals surface area contributed by atoms with E-state index in [0.29, 0.717) is 22.1 Å². The fraction of sp³-hybridized carbons (Fsp3) is 0.222. The van der Waals surface area contributed by atoms with E-state index in [2.05, 4.69) is 10.3 Å². The number of benzene rings is 1. The molecule has 0 radical (unpaired) electrons. The van der Waals surface area contributed by atoms with Crippen LogP contribution in [-0.2, 0) is 4.79 Å². The number of aromatic nitrogens is 2. The Morgan fingerprint density at radius 2 is 1.96 bits per heavy atom. The van der Waals surface area contributed by atoms with E-state index >= 15 is 0 Å². The van der Waals surface area contributed by atoms with Crippen molar-refractivity contribution in [2.45, 2.75) is 19.9 Å². The van der Waals surface area contributed by atoms with Gasteiger partial charge < -0.3 is 15.2 Å². The Morgan fingerprint density at radius 3 is 2.56 bits per heavy atom. The maximum absolute atomic E-state index is 12.9. The van der Waals surface area contributed by atoms with E-state index in [1.807, 2.05) is 0 Å². The van der Waals surface area contributed by atoms with Crippen LogP contribution in [0.3, 0.4) is 0 Å². The van der Waals surface area contributed by atoms with Crippen LogP contribution in [0.4, 0.5) is 5.69 Å². The number of rotatable bonds is 5. The molecule has 2 heterocycles. The zero-order chi connectivity index (χ0) is 19.7. The first-order valence-electron chi connectivity index (χ1n) is 8.02. The summed E-state index contributed by atoms with van der Waals surface area (Å²) >= 11 is 1.09. The van der Waals surface area contributed by atoms with Crippen molar-refractivity contribution in [1.82, 2.24) is 9.55 Å². The van der Waals surface area contributed by atoms with Crippen LogP contribution >= 0.6 is 11.3 Å². The molecule has 2 N–H and O–H groups in total. The third-order valence-electron chi connectivity index (χ3n) is 4.17. The number of carbonyl (C=O) groups is 2. The Kier molecular flexibility index (Phi) is 4.95. The molecule has 0 fully saturated rings. The minimum atomic E-state index is -1.20. The van der Waals surface area contributed by atoms with Crippen LogP contribution in [0.2, 0.25) is 0 Å². The van der Waals surface area contributed by atoms with Gasteiger partial charge in [0.25, 0.3) is 5.56 Å². The molecule has 0 saturated carbocycles. The molecule has 0 spiro atoms. The lowest BCUT2D eigenvalue weighted by atomic mass is 10.2. The van der Waals surface area contributed by atoms with Crippen LogP contribution in [-0.4, -0.2) is 33.6 Å². The van der Waals surface area contributed by atoms with Crippen molar-refractivity contribution in [3.8, 4) is 5.75 Å². The number of hydrogen-bond donors (Lipinski definition) is 2. The van der Waals surface area contributed by atoms with Crippen molar-refractivity contribution in [2.24, 2.45) is 0 Å². The molecule has 0 saturated heterocycles. The molecule has 8 nitrogen and oxygen atoms in total. The topological polar surface area (TPSA) is 111 Å². The number of carboxylic acid groups (broad SMARTS) is 1. The molecule has 0 aliphatic rings. The standard InChI is InChI=1S/C18H17N3O5S/c1-9(15(22)20-11-4-6-12(26-3)7-5-11)21-10(2)19-16-14(17(21)23)13(8-27-16)18(24)25/h4-9H,1-3H3,(H,20,22)(H,24,25). The summed E-state index contributed by atoms with van der Waals surface area (Å²) in [5, 5.41) is 13.4. The Labute approximate surface area is 158 Å². The average molecular weight is 387 g/mol. The second-order valence-electron chi connectivity index (χ2n) is 5.86. The van der Waals surface area contributed by atoms with Gasteiger partial charge in [-0.3, -0.25) is 14.2 Å². The van der Waals surface area contributed by atoms with Gasteiger partial charge in [0.1, 0.15) is 22.4 Å². The van der Waals surface area contributed by atoms with Crippen molar-refractivity contribution in [1.29, 1.82) is 0 Å². The normalized spacial score (nSPS) is 12.0. The highest BCUT2D eigenvalue weighted by Gasteiger charge is 2.24. The van der Waals surface area contributed by atoms with Gasteiger partial charge in [-0.05, 0) is 38.1 Å². The van der Waals surface area contributed by atoms with Gasteiger partial charge >= 0.3 is 5.97 Å². The largest absolute Gasteiger partial charge is 0.497 e. The van der Waals surface area contributed by atoms with E-state index in [0.717, 1.165) is 11.3 Å². The maximum Gasteiger partial charge on any atom is 0.337 e. The zero-order valence-electron chi connectivity index (χ0n) is 14.8. The van der Waals surface area contributed by atoms with Gasteiger partial charge in [0.05, 0.1) is 18.1 Å². The average Bonchev–Trinajstić information content (AvgIpc) is 3.06. The number of hydrogen-bond acceptors (Lipinski definition) is 6. The van der Waals surface area contributed by atoms with Crippen molar-refractivity contribution >= 4 is 39.1 Å². The Morgan fingerprint density at radius 1 is 1.30 bits per heavy atom. The van der Waals surface area contributed by atoms with Gasteiger partial charge in [0, 0.05) is 11.1 Å². The summed E-state index contributed by atoms with van der Waals surface area (Å²) in [4.78, 5) is 41.5. The number of anilines is 1. The van der Waals surface area contributed by atoms with E-state index in [1.54, 1.807) is 45.2 Å². The number of nitrogens with zero attached hydrogens (tertiary/aromatic N) is 2. The van der Waals surface area contributed by atoms with Gasteiger partial charge in [-0.2, -0.15) is 0 Å². The molecule has 140 valence electrons. The highest BCUT2D eigenvalue weighted by molar-refractivity contribution is 7.17. The number of carboxylic acids is 1. The fourth-order valence-corrected chi connectivity index (χ4v) is 3.70. The second-order valence-corrected chi connectivity index (χ2v) is 6.72. The van der Waals surface area contributed by atoms with Gasteiger partial charge in [0.2, 0.25) is 5.91 Å². The number of amides is 1. The molecule has 0 bridgehead atoms. The molecule has 0 aliphatic heterocycles. The molecule has 27 heavy (non-hydrogen) atoms. The smallest absolute Gasteiger partial charge is 0.337 e. The van der Waals surface area contributed by atoms with E-state index in [4.69, 9.17) is 4.74 Å². The van der Waals surface area contributed by atoms with Crippen LogP contribution in [0.5, 0.6) is 5.75 Å². The van der Waals surface area contributed by atoms with Crippen molar-refractivity contribution < 1.29 is 19.4 Å². The summed E-state index contributed by atoms with van der Waals surface area (Å²) in [6, 6.07) is 5.90. The molecule has 1 aromatic carbocycles.